The van der Waals surface area contributed by atoms with E-state index in [1.54, 1.807) is 6.08 Å². The standard InChI is InChI=1S/C78H147NO13/c1-3-5-7-9-11-13-15-17-19-21-23-25-27-29-30-31-32-33-34-35-36-38-39-41-43-45-47-49-51-53-55-57-59-61-67(82)66(65-89-77-75(88)73(86)76(69(64-81)91-77)92-78-74(87)72(85)71(84)68(63-80)90-78)79-70(83)62-60-58-56-54-52-50-48-46-44-42-40-37-28-26-24-22-20-18-16-14-12-10-8-6-4-2/h22,24,51,53,59,61,66-69,71-78,80-82,84-88H,3-21,23,25-50,52,54-58,60,62-65H2,1-2H3,(H,79,83)/b24-22-,53-51+,61-59+. The summed E-state index contributed by atoms with van der Waals surface area (Å²) in [6.45, 7) is 2.84. The van der Waals surface area contributed by atoms with E-state index in [-0.39, 0.29) is 18.9 Å². The zero-order chi connectivity index (χ0) is 66.6. The van der Waals surface area contributed by atoms with Crippen molar-refractivity contribution in [2.24, 2.45) is 0 Å². The number of rotatable bonds is 66. The van der Waals surface area contributed by atoms with Crippen molar-refractivity contribution in [3.8, 4) is 0 Å². The molecule has 92 heavy (non-hydrogen) atoms. The number of hydrogen-bond donors (Lipinski definition) is 9. The van der Waals surface area contributed by atoms with Crippen molar-refractivity contribution in [2.75, 3.05) is 19.8 Å². The van der Waals surface area contributed by atoms with Gasteiger partial charge in [0.15, 0.2) is 12.6 Å². The second kappa shape index (κ2) is 62.7. The van der Waals surface area contributed by atoms with Crippen LogP contribution >= 0.6 is 0 Å². The van der Waals surface area contributed by atoms with Crippen LogP contribution in [0.15, 0.2) is 36.5 Å². The molecule has 2 fully saturated rings. The van der Waals surface area contributed by atoms with Gasteiger partial charge in [-0.25, -0.2) is 0 Å². The van der Waals surface area contributed by atoms with E-state index in [9.17, 15) is 45.6 Å². The lowest BCUT2D eigenvalue weighted by Crippen LogP contribution is -2.65. The first-order valence-electron chi connectivity index (χ1n) is 39.2. The van der Waals surface area contributed by atoms with E-state index in [1.807, 2.05) is 6.08 Å². The molecule has 0 aliphatic carbocycles. The van der Waals surface area contributed by atoms with Crippen molar-refractivity contribution in [1.29, 1.82) is 0 Å². The molecule has 2 saturated heterocycles. The molecule has 2 aliphatic heterocycles. The highest BCUT2D eigenvalue weighted by Crippen LogP contribution is 2.30. The normalized spacial score (nSPS) is 22.8. The molecule has 0 saturated carbocycles. The zero-order valence-corrected chi connectivity index (χ0v) is 59.3. The second-order valence-electron chi connectivity index (χ2n) is 27.8. The summed E-state index contributed by atoms with van der Waals surface area (Å²) in [7, 11) is 0. The molecule has 0 aromatic rings. The van der Waals surface area contributed by atoms with Gasteiger partial charge in [0.2, 0.25) is 5.91 Å². The van der Waals surface area contributed by atoms with E-state index in [2.05, 4.69) is 43.5 Å². The first-order valence-corrected chi connectivity index (χ1v) is 39.2. The smallest absolute Gasteiger partial charge is 0.220 e. The maximum Gasteiger partial charge on any atom is 0.220 e. The lowest BCUT2D eigenvalue weighted by molar-refractivity contribution is -0.359. The molecule has 9 N–H and O–H groups in total. The Morgan fingerprint density at radius 2 is 0.696 bits per heavy atom. The molecule has 2 heterocycles. The molecule has 0 radical (unpaired) electrons. The fourth-order valence-electron chi connectivity index (χ4n) is 13.1. The van der Waals surface area contributed by atoms with Gasteiger partial charge in [-0.1, -0.05) is 333 Å². The fourth-order valence-corrected chi connectivity index (χ4v) is 13.1. The topological polar surface area (TPSA) is 228 Å². The van der Waals surface area contributed by atoms with E-state index >= 15 is 0 Å². The first kappa shape index (κ1) is 86.3. The SMILES string of the molecule is CCCCCCCCCC/C=C\CCCCCCCCCCCCCCCC(=O)NC(COC1OC(CO)C(OC2OC(CO)C(O)C(O)C2O)C(O)C1O)C(O)/C=C/CC/C=C/CCCCCCCCCCCCCCCCCCCCCCCCCCCCC. The van der Waals surface area contributed by atoms with Gasteiger partial charge in [0.05, 0.1) is 32.0 Å². The van der Waals surface area contributed by atoms with Gasteiger partial charge in [-0.05, 0) is 57.8 Å². The van der Waals surface area contributed by atoms with Crippen LogP contribution in [0, 0.1) is 0 Å². The minimum atomic E-state index is -1.79. The summed E-state index contributed by atoms with van der Waals surface area (Å²) in [6, 6.07) is -0.933. The van der Waals surface area contributed by atoms with Gasteiger partial charge < -0.3 is 65.1 Å². The monoisotopic (exact) mass is 1310 g/mol. The Labute approximate surface area is 563 Å². The Balaban J connectivity index is 1.64. The van der Waals surface area contributed by atoms with Crippen LogP contribution in [-0.2, 0) is 23.7 Å². The highest BCUT2D eigenvalue weighted by atomic mass is 16.7. The van der Waals surface area contributed by atoms with Gasteiger partial charge >= 0.3 is 0 Å². The molecule has 0 bridgehead atoms. The third-order valence-electron chi connectivity index (χ3n) is 19.3. The quantitative estimate of drug-likeness (QED) is 0.0204. The summed E-state index contributed by atoms with van der Waals surface area (Å²) in [5.41, 5.74) is 0. The molecule has 14 heteroatoms. The number of aliphatic hydroxyl groups is 8. The maximum absolute atomic E-state index is 13.4. The zero-order valence-electron chi connectivity index (χ0n) is 59.3. The number of nitrogens with one attached hydrogen (secondary N) is 1. The average molecular weight is 1310 g/mol. The minimum absolute atomic E-state index is 0.243. The highest BCUT2D eigenvalue weighted by Gasteiger charge is 2.51. The Morgan fingerprint density at radius 1 is 0.380 bits per heavy atom. The van der Waals surface area contributed by atoms with Gasteiger partial charge in [-0.2, -0.15) is 0 Å². The summed E-state index contributed by atoms with van der Waals surface area (Å²) in [5.74, 6) is -0.243. The summed E-state index contributed by atoms with van der Waals surface area (Å²) < 4.78 is 22.9. The number of aliphatic hydroxyl groups excluding tert-OH is 8. The molecule has 0 spiro atoms. The van der Waals surface area contributed by atoms with Gasteiger partial charge in [0.1, 0.15) is 48.8 Å². The third kappa shape index (κ3) is 45.7. The molecule has 2 rings (SSSR count). The van der Waals surface area contributed by atoms with Crippen molar-refractivity contribution in [3.05, 3.63) is 36.5 Å². The van der Waals surface area contributed by atoms with Crippen LogP contribution < -0.4 is 5.32 Å². The number of hydrogen-bond acceptors (Lipinski definition) is 13. The molecular formula is C78H147NO13. The van der Waals surface area contributed by atoms with Crippen LogP contribution in [-0.4, -0.2) is 140 Å². The summed E-state index contributed by atoms with van der Waals surface area (Å²) in [4.78, 5) is 13.4. The molecular weight excluding hydrogens is 1160 g/mol. The first-order chi connectivity index (χ1) is 45.1. The van der Waals surface area contributed by atoms with E-state index in [0.717, 1.165) is 32.1 Å². The predicted molar refractivity (Wildman–Crippen MR) is 378 cm³/mol. The molecule has 1 amide bonds. The van der Waals surface area contributed by atoms with Crippen molar-refractivity contribution in [2.45, 2.75) is 434 Å². The van der Waals surface area contributed by atoms with Crippen LogP contribution in [0.1, 0.15) is 361 Å². The number of ether oxygens (including phenoxy) is 4. The Bertz CT molecular complexity index is 1680. The Kier molecular flexibility index (Phi) is 58.8. The molecule has 0 aromatic carbocycles. The van der Waals surface area contributed by atoms with Crippen molar-refractivity contribution >= 4 is 5.91 Å². The lowest BCUT2D eigenvalue weighted by atomic mass is 9.97. The number of allylic oxidation sites excluding steroid dienone is 5. The van der Waals surface area contributed by atoms with Gasteiger partial charge in [0, 0.05) is 6.42 Å². The predicted octanol–water partition coefficient (Wildman–Crippen LogP) is 17.2. The average Bonchev–Trinajstić information content (AvgIpc) is 0.865. The molecule has 542 valence electrons. The van der Waals surface area contributed by atoms with Gasteiger partial charge in [-0.3, -0.25) is 4.79 Å². The molecule has 14 nitrogen and oxygen atoms in total. The molecule has 0 aromatic heterocycles. The lowest BCUT2D eigenvalue weighted by Gasteiger charge is -2.46. The minimum Gasteiger partial charge on any atom is -0.394 e. The number of unbranched alkanes of at least 4 members (excludes halogenated alkanes) is 49. The highest BCUT2D eigenvalue weighted by molar-refractivity contribution is 5.76. The van der Waals surface area contributed by atoms with Crippen LogP contribution in [0.4, 0.5) is 0 Å². The molecule has 12 atom stereocenters. The molecule has 2 aliphatic rings. The second-order valence-corrected chi connectivity index (χ2v) is 27.8. The summed E-state index contributed by atoms with van der Waals surface area (Å²) in [6.07, 6.45) is 65.2. The molecule has 12 unspecified atom stereocenters. The number of amides is 1. The largest absolute Gasteiger partial charge is 0.394 e. The van der Waals surface area contributed by atoms with Crippen LogP contribution in [0.2, 0.25) is 0 Å². The van der Waals surface area contributed by atoms with Crippen molar-refractivity contribution in [1.82, 2.24) is 5.32 Å². The van der Waals surface area contributed by atoms with Crippen LogP contribution in [0.5, 0.6) is 0 Å². The third-order valence-corrected chi connectivity index (χ3v) is 19.3. The van der Waals surface area contributed by atoms with Crippen molar-refractivity contribution < 1.29 is 64.6 Å². The van der Waals surface area contributed by atoms with Gasteiger partial charge in [0.25, 0.3) is 0 Å². The summed E-state index contributed by atoms with van der Waals surface area (Å²) >= 11 is 0. The van der Waals surface area contributed by atoms with E-state index < -0.39 is 86.8 Å². The summed E-state index contributed by atoms with van der Waals surface area (Å²) in [5, 5.41) is 87.6. The Morgan fingerprint density at radius 3 is 1.07 bits per heavy atom. The van der Waals surface area contributed by atoms with Crippen molar-refractivity contribution in [3.63, 3.8) is 0 Å². The van der Waals surface area contributed by atoms with Gasteiger partial charge in [-0.15, -0.1) is 0 Å². The van der Waals surface area contributed by atoms with E-state index in [0.29, 0.717) is 12.8 Å². The van der Waals surface area contributed by atoms with E-state index in [1.165, 1.54) is 295 Å². The maximum atomic E-state index is 13.4. The van der Waals surface area contributed by atoms with E-state index in [4.69, 9.17) is 18.9 Å². The Hall–Kier alpha value is -1.79. The van der Waals surface area contributed by atoms with Crippen LogP contribution in [0.25, 0.3) is 0 Å². The number of carbonyl (C=O) groups is 1. The van der Waals surface area contributed by atoms with Crippen LogP contribution in [0.3, 0.4) is 0 Å². The fraction of sp³-hybridized carbons (Fsp3) is 0.910. The number of carbonyl (C=O) groups excluding carboxylic acids is 1.